The largest absolute Gasteiger partial charge is 0.279 e. The number of nitrogens with one attached hydrogen (secondary N) is 1. The van der Waals surface area contributed by atoms with Crippen LogP contribution in [0.25, 0.3) is 10.6 Å². The van der Waals surface area contributed by atoms with Crippen LogP contribution >= 0.6 is 22.9 Å². The van der Waals surface area contributed by atoms with Gasteiger partial charge in [-0.05, 0) is 42.0 Å². The van der Waals surface area contributed by atoms with Gasteiger partial charge in [-0.2, -0.15) is 10.4 Å². The van der Waals surface area contributed by atoms with Crippen molar-refractivity contribution in [2.75, 3.05) is 0 Å². The van der Waals surface area contributed by atoms with Gasteiger partial charge in [-0.3, -0.25) is 10.1 Å². The number of nitriles is 1. The van der Waals surface area contributed by atoms with E-state index < -0.39 is 0 Å². The van der Waals surface area contributed by atoms with Crippen molar-refractivity contribution in [3.05, 3.63) is 87.5 Å². The molecule has 4 rings (SSSR count). The number of nitrogens with zero attached hydrogens (tertiary/aromatic N) is 4. The van der Waals surface area contributed by atoms with Gasteiger partial charge in [-0.15, -0.1) is 11.3 Å². The highest BCUT2D eigenvalue weighted by Crippen LogP contribution is 2.26. The lowest BCUT2D eigenvalue weighted by Gasteiger charge is -2.00. The maximum Gasteiger partial charge on any atom is 0.191 e. The van der Waals surface area contributed by atoms with Crippen LogP contribution in [0.1, 0.15) is 21.7 Å². The Hall–Kier alpha value is -3.27. The van der Waals surface area contributed by atoms with Crippen LogP contribution in [0.3, 0.4) is 0 Å². The van der Waals surface area contributed by atoms with Gasteiger partial charge in [0.15, 0.2) is 5.82 Å². The summed E-state index contributed by atoms with van der Waals surface area (Å²) in [5.74, 6) is 0.382. The number of hydrogen-bond acceptors (Lipinski definition) is 5. The van der Waals surface area contributed by atoms with E-state index in [9.17, 15) is 5.26 Å². The number of halogens is 1. The molecule has 0 fully saturated rings. The van der Waals surface area contributed by atoms with Crippen LogP contribution in [0.2, 0.25) is 5.02 Å². The monoisotopic (exact) mass is 403 g/mol. The summed E-state index contributed by atoms with van der Waals surface area (Å²) in [6.07, 6.45) is 4.03. The highest BCUT2D eigenvalue weighted by molar-refractivity contribution is 7.17. The normalized spacial score (nSPS) is 11.0. The summed E-state index contributed by atoms with van der Waals surface area (Å²) in [4.78, 5) is 10.8. The van der Waals surface area contributed by atoms with Crippen molar-refractivity contribution in [1.82, 2.24) is 15.2 Å². The number of aliphatic imine (C=N–C) groups is 1. The molecule has 0 aliphatic heterocycles. The van der Waals surface area contributed by atoms with Crippen LogP contribution in [0.5, 0.6) is 0 Å². The Morgan fingerprint density at radius 2 is 2.11 bits per heavy atom. The van der Waals surface area contributed by atoms with E-state index in [0.717, 1.165) is 26.7 Å². The van der Waals surface area contributed by atoms with Gasteiger partial charge in [0.05, 0.1) is 16.3 Å². The highest BCUT2D eigenvalue weighted by atomic mass is 35.5. The van der Waals surface area contributed by atoms with Gasteiger partial charge < -0.3 is 0 Å². The molecule has 4 aromatic rings. The first kappa shape index (κ1) is 18.1. The molecule has 0 saturated heterocycles. The molecule has 3 aromatic heterocycles. The zero-order chi connectivity index (χ0) is 19.3. The van der Waals surface area contributed by atoms with Crippen LogP contribution in [-0.2, 0) is 6.42 Å². The third kappa shape index (κ3) is 4.01. The maximum absolute atomic E-state index is 9.56. The fourth-order valence-corrected chi connectivity index (χ4v) is 3.82. The van der Waals surface area contributed by atoms with Gasteiger partial charge in [-0.1, -0.05) is 29.8 Å². The molecule has 5 nitrogen and oxygen atoms in total. The molecular weight excluding hydrogens is 390 g/mol. The minimum atomic E-state index is 0.382. The second-order valence-electron chi connectivity index (χ2n) is 5.99. The molecule has 0 atom stereocenters. The molecule has 0 radical (unpaired) electrons. The number of rotatable bonds is 5. The summed E-state index contributed by atoms with van der Waals surface area (Å²) in [5, 5.41) is 17.3. The summed E-state index contributed by atoms with van der Waals surface area (Å²) < 4.78 is 0. The van der Waals surface area contributed by atoms with E-state index in [1.54, 1.807) is 23.7 Å². The SMILES string of the molecule is N#Cc1c(N=Cc2ccc(-c3ccccn3)s2)n[nH]c1Cc1cccc(Cl)c1. The summed E-state index contributed by atoms with van der Waals surface area (Å²) in [6.45, 7) is 0. The third-order valence-electron chi connectivity index (χ3n) is 4.06. The summed E-state index contributed by atoms with van der Waals surface area (Å²) in [6, 6.07) is 19.5. The molecule has 0 bridgehead atoms. The van der Waals surface area contributed by atoms with Crippen molar-refractivity contribution in [3.63, 3.8) is 0 Å². The fourth-order valence-electron chi connectivity index (χ4n) is 2.75. The zero-order valence-electron chi connectivity index (χ0n) is 14.6. The minimum absolute atomic E-state index is 0.382. The molecule has 0 amide bonds. The Labute approximate surface area is 171 Å². The lowest BCUT2D eigenvalue weighted by molar-refractivity contribution is 0.993. The van der Waals surface area contributed by atoms with Gasteiger partial charge in [0.25, 0.3) is 0 Å². The first-order valence-electron chi connectivity index (χ1n) is 8.50. The Kier molecular flexibility index (Phi) is 5.29. The Bertz CT molecular complexity index is 1170. The standard InChI is InChI=1S/C21H14ClN5S/c22-15-5-3-4-14(10-15)11-19-17(12-23)21(27-26-19)25-13-16-7-8-20(28-16)18-6-1-2-9-24-18/h1-10,13H,11H2,(H,26,27). The fraction of sp³-hybridized carbons (Fsp3) is 0.0476. The third-order valence-corrected chi connectivity index (χ3v) is 5.34. The smallest absolute Gasteiger partial charge is 0.191 e. The van der Waals surface area contributed by atoms with Crippen molar-refractivity contribution < 1.29 is 0 Å². The van der Waals surface area contributed by atoms with E-state index in [1.807, 2.05) is 54.6 Å². The maximum atomic E-state index is 9.56. The molecule has 1 N–H and O–H groups in total. The molecule has 1 aromatic carbocycles. The van der Waals surface area contributed by atoms with Crippen molar-refractivity contribution in [2.24, 2.45) is 4.99 Å². The first-order valence-corrected chi connectivity index (χ1v) is 9.69. The van der Waals surface area contributed by atoms with E-state index >= 15 is 0 Å². The van der Waals surface area contributed by atoms with Crippen LogP contribution < -0.4 is 0 Å². The van der Waals surface area contributed by atoms with Gasteiger partial charge in [-0.25, -0.2) is 4.99 Å². The predicted molar refractivity (Wildman–Crippen MR) is 112 cm³/mol. The summed E-state index contributed by atoms with van der Waals surface area (Å²) >= 11 is 7.62. The number of H-pyrrole nitrogens is 1. The van der Waals surface area contributed by atoms with E-state index in [4.69, 9.17) is 11.6 Å². The zero-order valence-corrected chi connectivity index (χ0v) is 16.2. The van der Waals surface area contributed by atoms with Crippen LogP contribution in [0.4, 0.5) is 5.82 Å². The summed E-state index contributed by atoms with van der Waals surface area (Å²) in [5.41, 5.74) is 3.09. The second kappa shape index (κ2) is 8.17. The number of benzene rings is 1. The predicted octanol–water partition coefficient (Wildman–Crippen LogP) is 5.40. The molecule has 136 valence electrons. The minimum Gasteiger partial charge on any atom is -0.279 e. The average Bonchev–Trinajstić information content (AvgIpc) is 3.34. The van der Waals surface area contributed by atoms with E-state index in [1.165, 1.54) is 0 Å². The molecule has 0 spiro atoms. The van der Waals surface area contributed by atoms with E-state index in [2.05, 4.69) is 26.2 Å². The number of aromatic nitrogens is 3. The molecule has 3 heterocycles. The van der Waals surface area contributed by atoms with Crippen molar-refractivity contribution in [3.8, 4) is 16.6 Å². The molecule has 28 heavy (non-hydrogen) atoms. The van der Waals surface area contributed by atoms with E-state index in [0.29, 0.717) is 22.8 Å². The Morgan fingerprint density at radius 1 is 1.18 bits per heavy atom. The van der Waals surface area contributed by atoms with Gasteiger partial charge in [0, 0.05) is 28.7 Å². The van der Waals surface area contributed by atoms with Gasteiger partial charge >= 0.3 is 0 Å². The topological polar surface area (TPSA) is 77.7 Å². The first-order chi connectivity index (χ1) is 13.7. The highest BCUT2D eigenvalue weighted by Gasteiger charge is 2.13. The number of pyridine rings is 1. The average molecular weight is 404 g/mol. The summed E-state index contributed by atoms with van der Waals surface area (Å²) in [7, 11) is 0. The molecule has 7 heteroatoms. The molecule has 0 aliphatic carbocycles. The number of hydrogen-bond donors (Lipinski definition) is 1. The molecule has 0 unspecified atom stereocenters. The molecular formula is C21H14ClN5S. The second-order valence-corrected chi connectivity index (χ2v) is 7.55. The Balaban J connectivity index is 1.55. The number of aromatic amines is 1. The molecule has 0 aliphatic rings. The number of thiophene rings is 1. The van der Waals surface area contributed by atoms with Crippen LogP contribution in [-0.4, -0.2) is 21.4 Å². The van der Waals surface area contributed by atoms with Gasteiger partial charge in [0.1, 0.15) is 11.6 Å². The Morgan fingerprint density at radius 3 is 2.89 bits per heavy atom. The molecule has 0 saturated carbocycles. The van der Waals surface area contributed by atoms with Crippen LogP contribution in [0, 0.1) is 11.3 Å². The lowest BCUT2D eigenvalue weighted by Crippen LogP contribution is -1.91. The van der Waals surface area contributed by atoms with E-state index in [-0.39, 0.29) is 0 Å². The quantitative estimate of drug-likeness (QED) is 0.453. The van der Waals surface area contributed by atoms with Gasteiger partial charge in [0.2, 0.25) is 0 Å². The van der Waals surface area contributed by atoms with Crippen molar-refractivity contribution in [2.45, 2.75) is 6.42 Å². The van der Waals surface area contributed by atoms with Crippen molar-refractivity contribution in [1.29, 1.82) is 5.26 Å². The van der Waals surface area contributed by atoms with Crippen LogP contribution in [0.15, 0.2) is 65.8 Å². The lowest BCUT2D eigenvalue weighted by atomic mass is 10.1. The van der Waals surface area contributed by atoms with Crippen molar-refractivity contribution >= 4 is 35.0 Å².